The van der Waals surface area contributed by atoms with Crippen LogP contribution in [-0.4, -0.2) is 49.3 Å². The summed E-state index contributed by atoms with van der Waals surface area (Å²) < 4.78 is 41.4. The average molecular weight is 626 g/mol. The summed E-state index contributed by atoms with van der Waals surface area (Å²) in [7, 11) is -3.87. The standard InChI is InChI=1S/C30H35N5O6S2/c1-30(2,3)41-29(36)32-15-8-16-40-22-13-14-24-26(19-22)42-28(33-24)25(35-43(38,39)23-11-5-4-6-12-23)18-20-9-7-10-21(17-20)27(31)34-37/h4-7,9-14,17,19,25,35,37H,8,15-16,18H2,1-3H3,(H2,31,34)(H,32,36). The minimum absolute atomic E-state index is 0.0450. The SMILES string of the molecule is CC(C)(C)OC(=O)NCCCOc1ccc2nc(C(Cc3cccc(C(N)=NO)c3)NS(=O)(=O)c3ccccc3)sc2c1. The first-order valence-electron chi connectivity index (χ1n) is 13.6. The van der Waals surface area contributed by atoms with E-state index >= 15 is 0 Å². The van der Waals surface area contributed by atoms with E-state index in [1.807, 2.05) is 18.2 Å². The molecule has 0 spiro atoms. The highest BCUT2D eigenvalue weighted by molar-refractivity contribution is 7.89. The molecule has 1 atom stereocenters. The van der Waals surface area contributed by atoms with E-state index in [0.29, 0.717) is 41.4 Å². The minimum atomic E-state index is -3.87. The van der Waals surface area contributed by atoms with Gasteiger partial charge in [0.25, 0.3) is 0 Å². The molecular formula is C30H35N5O6S2. The van der Waals surface area contributed by atoms with E-state index < -0.39 is 27.8 Å². The first-order valence-corrected chi connectivity index (χ1v) is 15.9. The van der Waals surface area contributed by atoms with Crippen LogP contribution in [0.5, 0.6) is 5.75 Å². The third-order valence-electron chi connectivity index (χ3n) is 6.05. The van der Waals surface area contributed by atoms with Gasteiger partial charge in [0.15, 0.2) is 5.84 Å². The zero-order valence-electron chi connectivity index (χ0n) is 24.1. The predicted octanol–water partition coefficient (Wildman–Crippen LogP) is 4.95. The number of amides is 1. The molecule has 0 aliphatic heterocycles. The molecule has 1 unspecified atom stereocenters. The molecule has 0 aliphatic carbocycles. The van der Waals surface area contributed by atoms with Crippen molar-refractivity contribution < 1.29 is 27.9 Å². The van der Waals surface area contributed by atoms with Crippen LogP contribution in [0.1, 0.15) is 49.4 Å². The molecule has 0 radical (unpaired) electrons. The smallest absolute Gasteiger partial charge is 0.407 e. The van der Waals surface area contributed by atoms with Gasteiger partial charge in [0.2, 0.25) is 10.0 Å². The summed E-state index contributed by atoms with van der Waals surface area (Å²) in [4.78, 5) is 16.7. The molecule has 1 amide bonds. The van der Waals surface area contributed by atoms with E-state index in [2.05, 4.69) is 15.2 Å². The van der Waals surface area contributed by atoms with E-state index in [0.717, 1.165) is 10.3 Å². The molecule has 0 saturated heterocycles. The van der Waals surface area contributed by atoms with Gasteiger partial charge in [-0.3, -0.25) is 0 Å². The summed E-state index contributed by atoms with van der Waals surface area (Å²) in [6.07, 6.45) is 0.381. The van der Waals surface area contributed by atoms with Crippen LogP contribution < -0.4 is 20.5 Å². The minimum Gasteiger partial charge on any atom is -0.493 e. The van der Waals surface area contributed by atoms with Crippen LogP contribution in [0.2, 0.25) is 0 Å². The van der Waals surface area contributed by atoms with Gasteiger partial charge in [0.1, 0.15) is 16.4 Å². The average Bonchev–Trinajstić information content (AvgIpc) is 3.39. The van der Waals surface area contributed by atoms with Crippen molar-refractivity contribution in [3.63, 3.8) is 0 Å². The monoisotopic (exact) mass is 625 g/mol. The Hall–Kier alpha value is -4.20. The van der Waals surface area contributed by atoms with Crippen molar-refractivity contribution in [2.24, 2.45) is 10.9 Å². The highest BCUT2D eigenvalue weighted by atomic mass is 32.2. The Morgan fingerprint density at radius 2 is 1.86 bits per heavy atom. The topological polar surface area (TPSA) is 165 Å². The number of fused-ring (bicyclic) bond motifs is 1. The van der Waals surface area contributed by atoms with Crippen molar-refractivity contribution in [2.75, 3.05) is 13.2 Å². The zero-order valence-corrected chi connectivity index (χ0v) is 25.7. The summed E-state index contributed by atoms with van der Waals surface area (Å²) in [5.74, 6) is 0.587. The fourth-order valence-corrected chi connectivity index (χ4v) is 6.46. The maximum Gasteiger partial charge on any atom is 0.407 e. The van der Waals surface area contributed by atoms with Gasteiger partial charge in [0.05, 0.1) is 27.8 Å². The van der Waals surface area contributed by atoms with Crippen molar-refractivity contribution >= 4 is 43.5 Å². The van der Waals surface area contributed by atoms with Crippen LogP contribution in [0.3, 0.4) is 0 Å². The summed E-state index contributed by atoms with van der Waals surface area (Å²) in [5.41, 5.74) is 7.20. The number of thiazole rings is 1. The van der Waals surface area contributed by atoms with Crippen LogP contribution in [0.4, 0.5) is 4.79 Å². The van der Waals surface area contributed by atoms with Gasteiger partial charge < -0.3 is 25.7 Å². The molecule has 228 valence electrons. The van der Waals surface area contributed by atoms with Gasteiger partial charge in [0, 0.05) is 12.1 Å². The Labute approximate surface area is 254 Å². The van der Waals surface area contributed by atoms with E-state index in [4.69, 9.17) is 25.4 Å². The number of amidine groups is 1. The molecule has 0 aliphatic rings. The molecule has 4 rings (SSSR count). The van der Waals surface area contributed by atoms with E-state index in [9.17, 15) is 13.2 Å². The van der Waals surface area contributed by atoms with Crippen molar-refractivity contribution in [1.82, 2.24) is 15.0 Å². The highest BCUT2D eigenvalue weighted by Crippen LogP contribution is 2.32. The molecule has 43 heavy (non-hydrogen) atoms. The van der Waals surface area contributed by atoms with Crippen molar-refractivity contribution in [1.29, 1.82) is 0 Å². The normalized spacial score (nSPS) is 13.0. The maximum absolute atomic E-state index is 13.3. The first kappa shape index (κ1) is 31.7. The Balaban J connectivity index is 1.51. The van der Waals surface area contributed by atoms with Crippen LogP contribution >= 0.6 is 11.3 Å². The number of rotatable bonds is 12. The Bertz CT molecular complexity index is 1680. The number of benzene rings is 3. The molecule has 1 aromatic heterocycles. The number of nitrogens with two attached hydrogens (primary N) is 1. The number of nitrogens with zero attached hydrogens (tertiary/aromatic N) is 2. The van der Waals surface area contributed by atoms with Crippen LogP contribution in [0.15, 0.2) is 82.8 Å². The number of sulfonamides is 1. The summed E-state index contributed by atoms with van der Waals surface area (Å²) in [6.45, 7) is 6.20. The number of hydrogen-bond donors (Lipinski definition) is 4. The van der Waals surface area contributed by atoms with Crippen LogP contribution in [-0.2, 0) is 21.2 Å². The molecular weight excluding hydrogens is 590 g/mol. The third-order valence-corrected chi connectivity index (χ3v) is 8.67. The Kier molecular flexibility index (Phi) is 10.2. The molecule has 11 nitrogen and oxygen atoms in total. The zero-order chi connectivity index (χ0) is 31.0. The number of alkyl carbamates (subject to hydrolysis) is 1. The summed E-state index contributed by atoms with van der Waals surface area (Å²) >= 11 is 1.36. The molecule has 1 heterocycles. The fraction of sp³-hybridized carbons (Fsp3) is 0.300. The van der Waals surface area contributed by atoms with Crippen molar-refractivity contribution in [2.45, 2.75) is 50.2 Å². The second-order valence-corrected chi connectivity index (χ2v) is 13.5. The van der Waals surface area contributed by atoms with Gasteiger partial charge in [-0.25, -0.2) is 22.9 Å². The molecule has 13 heteroatoms. The van der Waals surface area contributed by atoms with Gasteiger partial charge in [-0.1, -0.05) is 41.6 Å². The Morgan fingerprint density at radius 3 is 2.58 bits per heavy atom. The van der Waals surface area contributed by atoms with Gasteiger partial charge in [-0.05, 0) is 75.6 Å². The van der Waals surface area contributed by atoms with Gasteiger partial charge >= 0.3 is 6.09 Å². The third kappa shape index (κ3) is 9.14. The summed E-state index contributed by atoms with van der Waals surface area (Å²) in [5, 5.41) is 15.4. The second kappa shape index (κ2) is 13.8. The number of oxime groups is 1. The molecule has 0 bridgehead atoms. The highest BCUT2D eigenvalue weighted by Gasteiger charge is 2.25. The lowest BCUT2D eigenvalue weighted by Gasteiger charge is -2.19. The Morgan fingerprint density at radius 1 is 1.09 bits per heavy atom. The molecule has 3 aromatic carbocycles. The van der Waals surface area contributed by atoms with E-state index in [1.54, 1.807) is 63.2 Å². The van der Waals surface area contributed by atoms with E-state index in [1.165, 1.54) is 23.5 Å². The number of hydrogen-bond acceptors (Lipinski definition) is 9. The van der Waals surface area contributed by atoms with Crippen molar-refractivity contribution in [3.8, 4) is 5.75 Å². The van der Waals surface area contributed by atoms with Crippen LogP contribution in [0, 0.1) is 0 Å². The maximum atomic E-state index is 13.3. The molecule has 5 N–H and O–H groups in total. The lowest BCUT2D eigenvalue weighted by atomic mass is 10.0. The number of nitrogens with one attached hydrogen (secondary N) is 2. The largest absolute Gasteiger partial charge is 0.493 e. The lowest BCUT2D eigenvalue weighted by Crippen LogP contribution is -2.33. The summed E-state index contributed by atoms with van der Waals surface area (Å²) in [6, 6.07) is 20.0. The molecule has 0 fully saturated rings. The van der Waals surface area contributed by atoms with Gasteiger partial charge in [-0.2, -0.15) is 0 Å². The molecule has 4 aromatic rings. The number of carbonyl (C=O) groups is 1. The first-order chi connectivity index (χ1) is 20.4. The van der Waals surface area contributed by atoms with E-state index in [-0.39, 0.29) is 17.2 Å². The number of carbonyl (C=O) groups excluding carboxylic acids is 1. The molecule has 0 saturated carbocycles. The number of ether oxygens (including phenoxy) is 2. The fourth-order valence-electron chi connectivity index (χ4n) is 4.11. The lowest BCUT2D eigenvalue weighted by molar-refractivity contribution is 0.0525. The van der Waals surface area contributed by atoms with Crippen molar-refractivity contribution in [3.05, 3.63) is 88.9 Å². The predicted molar refractivity (Wildman–Crippen MR) is 166 cm³/mol. The second-order valence-electron chi connectivity index (χ2n) is 10.7. The van der Waals surface area contributed by atoms with Crippen LogP contribution in [0.25, 0.3) is 10.2 Å². The van der Waals surface area contributed by atoms with Gasteiger partial charge in [-0.15, -0.1) is 11.3 Å². The number of aromatic nitrogens is 1. The quantitative estimate of drug-likeness (QED) is 0.0565.